The second-order valence-corrected chi connectivity index (χ2v) is 2.77. The van der Waals surface area contributed by atoms with Crippen molar-refractivity contribution in [2.75, 3.05) is 0 Å². The molecule has 0 saturated heterocycles. The molecule has 1 N–H and O–H groups in total. The summed E-state index contributed by atoms with van der Waals surface area (Å²) >= 11 is 0. The van der Waals surface area contributed by atoms with Gasteiger partial charge >= 0.3 is 0 Å². The predicted molar refractivity (Wildman–Crippen MR) is 46.4 cm³/mol. The Labute approximate surface area is 75.6 Å². The fourth-order valence-corrected chi connectivity index (χ4v) is 1.43. The number of hydrogen-bond acceptors (Lipinski definition) is 2. The van der Waals surface area contributed by atoms with Crippen LogP contribution in [0.4, 0.5) is 0 Å². The van der Waals surface area contributed by atoms with E-state index in [9.17, 15) is 9.90 Å². The lowest BCUT2D eigenvalue weighted by Gasteiger charge is -2.11. The molecule has 1 unspecified atom stereocenters. The van der Waals surface area contributed by atoms with Crippen LogP contribution in [0, 0.1) is 12.5 Å². The highest BCUT2D eigenvalue weighted by molar-refractivity contribution is 5.99. The minimum absolute atomic E-state index is 0.314. The zero-order valence-corrected chi connectivity index (χ0v) is 6.77. The number of nitrogens with zero attached hydrogens (tertiary/aromatic N) is 1. The number of carbonyl (C=O) groups is 1. The average molecular weight is 173 g/mol. The van der Waals surface area contributed by atoms with E-state index in [-0.39, 0.29) is 5.91 Å². The van der Waals surface area contributed by atoms with Crippen molar-refractivity contribution in [3.63, 3.8) is 0 Å². The van der Waals surface area contributed by atoms with Gasteiger partial charge in [0.05, 0.1) is 0 Å². The zero-order chi connectivity index (χ0) is 9.42. The molecule has 1 aliphatic rings. The summed E-state index contributed by atoms with van der Waals surface area (Å²) in [5.41, 5.74) is 1.05. The molecule has 1 amide bonds. The summed E-state index contributed by atoms with van der Waals surface area (Å²) in [6.45, 7) is 0. The maximum Gasteiger partial charge on any atom is 0.268 e. The van der Waals surface area contributed by atoms with Gasteiger partial charge in [0.15, 0.2) is 6.23 Å². The summed E-state index contributed by atoms with van der Waals surface area (Å²) in [4.78, 5) is 12.4. The molecular formula is C10H7NO2. The Balaban J connectivity index is 2.58. The van der Waals surface area contributed by atoms with Gasteiger partial charge < -0.3 is 5.11 Å². The van der Waals surface area contributed by atoms with Crippen LogP contribution < -0.4 is 0 Å². The van der Waals surface area contributed by atoms with Crippen molar-refractivity contribution in [3.8, 4) is 12.5 Å². The van der Waals surface area contributed by atoms with Crippen molar-refractivity contribution >= 4 is 5.91 Å². The van der Waals surface area contributed by atoms with Crippen LogP contribution in [0.15, 0.2) is 24.3 Å². The summed E-state index contributed by atoms with van der Waals surface area (Å²) in [5, 5.41) is 9.57. The van der Waals surface area contributed by atoms with Gasteiger partial charge in [-0.2, -0.15) is 0 Å². The fraction of sp³-hybridized carbons (Fsp3) is 0.100. The summed E-state index contributed by atoms with van der Waals surface area (Å²) < 4.78 is 0. The molecule has 3 heteroatoms. The first-order valence-corrected chi connectivity index (χ1v) is 3.82. The Morgan fingerprint density at radius 3 is 2.77 bits per heavy atom. The maximum absolute atomic E-state index is 11.5. The largest absolute Gasteiger partial charge is 0.368 e. The van der Waals surface area contributed by atoms with Gasteiger partial charge in [0.1, 0.15) is 0 Å². The van der Waals surface area contributed by atoms with Crippen molar-refractivity contribution in [1.82, 2.24) is 4.90 Å². The quantitative estimate of drug-likeness (QED) is 0.587. The number of amides is 1. The molecule has 2 rings (SSSR count). The van der Waals surface area contributed by atoms with Crippen molar-refractivity contribution in [2.24, 2.45) is 0 Å². The second-order valence-electron chi connectivity index (χ2n) is 2.77. The van der Waals surface area contributed by atoms with Crippen molar-refractivity contribution in [1.29, 1.82) is 0 Å². The summed E-state index contributed by atoms with van der Waals surface area (Å²) in [6, 6.07) is 8.98. The van der Waals surface area contributed by atoms with Gasteiger partial charge in [-0.1, -0.05) is 24.6 Å². The molecule has 1 heterocycles. The molecule has 0 aliphatic carbocycles. The molecule has 0 bridgehead atoms. The van der Waals surface area contributed by atoms with Crippen LogP contribution in [0.25, 0.3) is 0 Å². The molecule has 13 heavy (non-hydrogen) atoms. The van der Waals surface area contributed by atoms with Crippen LogP contribution in [-0.2, 0) is 0 Å². The van der Waals surface area contributed by atoms with E-state index < -0.39 is 6.23 Å². The van der Waals surface area contributed by atoms with E-state index in [0.717, 1.165) is 4.90 Å². The molecule has 0 radical (unpaired) electrons. The summed E-state index contributed by atoms with van der Waals surface area (Å²) in [7, 11) is 0. The average Bonchev–Trinajstić information content (AvgIpc) is 2.41. The van der Waals surface area contributed by atoms with Gasteiger partial charge in [0.25, 0.3) is 5.91 Å². The Morgan fingerprint density at radius 2 is 2.15 bits per heavy atom. The van der Waals surface area contributed by atoms with E-state index in [0.29, 0.717) is 11.1 Å². The van der Waals surface area contributed by atoms with Crippen LogP contribution in [0.5, 0.6) is 0 Å². The lowest BCUT2D eigenvalue weighted by atomic mass is 10.1. The number of aliphatic hydroxyl groups excluding tert-OH is 1. The summed E-state index contributed by atoms with van der Waals surface area (Å²) in [5.74, 6) is -0.314. The van der Waals surface area contributed by atoms with Crippen LogP contribution in [0.3, 0.4) is 0 Å². The Hall–Kier alpha value is -1.79. The summed E-state index contributed by atoms with van der Waals surface area (Å²) in [6.07, 6.45) is 4.10. The number of carbonyl (C=O) groups excluding carboxylic acids is 1. The van der Waals surface area contributed by atoms with Gasteiger partial charge in [0, 0.05) is 17.2 Å². The van der Waals surface area contributed by atoms with E-state index in [1.807, 2.05) is 0 Å². The number of fused-ring (bicyclic) bond motifs is 1. The zero-order valence-electron chi connectivity index (χ0n) is 6.77. The minimum Gasteiger partial charge on any atom is -0.368 e. The Morgan fingerprint density at radius 1 is 1.46 bits per heavy atom. The van der Waals surface area contributed by atoms with E-state index in [1.54, 1.807) is 24.3 Å². The molecule has 1 aliphatic heterocycles. The standard InChI is InChI=1S/C10H7NO2/c1-2-11-9(12)7-5-3-4-6-8(7)10(11)13/h1,3-6,9,12H. The molecule has 1 aromatic rings. The lowest BCUT2D eigenvalue weighted by Crippen LogP contribution is -2.21. The smallest absolute Gasteiger partial charge is 0.268 e. The SMILES string of the molecule is C#CN1C(=O)c2ccccc2C1O. The Bertz CT molecular complexity index is 406. The molecular weight excluding hydrogens is 166 g/mol. The lowest BCUT2D eigenvalue weighted by molar-refractivity contribution is 0.0441. The number of rotatable bonds is 0. The number of hydrogen-bond donors (Lipinski definition) is 1. The van der Waals surface area contributed by atoms with Gasteiger partial charge in [0.2, 0.25) is 0 Å². The van der Waals surface area contributed by atoms with Crippen LogP contribution >= 0.6 is 0 Å². The minimum atomic E-state index is -0.992. The molecule has 0 saturated carbocycles. The van der Waals surface area contributed by atoms with Crippen molar-refractivity contribution in [3.05, 3.63) is 35.4 Å². The maximum atomic E-state index is 11.5. The highest BCUT2D eigenvalue weighted by atomic mass is 16.3. The van der Waals surface area contributed by atoms with E-state index in [4.69, 9.17) is 6.42 Å². The molecule has 0 fully saturated rings. The molecule has 0 aromatic heterocycles. The third kappa shape index (κ3) is 0.930. The third-order valence-electron chi connectivity index (χ3n) is 2.07. The highest BCUT2D eigenvalue weighted by Gasteiger charge is 2.33. The Kier molecular flexibility index (Phi) is 1.57. The molecule has 64 valence electrons. The molecule has 0 spiro atoms. The molecule has 1 aromatic carbocycles. The van der Waals surface area contributed by atoms with Gasteiger partial charge in [-0.3, -0.25) is 4.79 Å². The van der Waals surface area contributed by atoms with E-state index >= 15 is 0 Å². The first kappa shape index (κ1) is 7.84. The fourth-order valence-electron chi connectivity index (χ4n) is 1.43. The first-order chi connectivity index (χ1) is 6.25. The van der Waals surface area contributed by atoms with E-state index in [1.165, 1.54) is 0 Å². The molecule has 3 nitrogen and oxygen atoms in total. The van der Waals surface area contributed by atoms with Gasteiger partial charge in [-0.15, -0.1) is 0 Å². The normalized spacial score (nSPS) is 19.8. The van der Waals surface area contributed by atoms with Crippen molar-refractivity contribution in [2.45, 2.75) is 6.23 Å². The van der Waals surface area contributed by atoms with Crippen LogP contribution in [-0.4, -0.2) is 15.9 Å². The monoisotopic (exact) mass is 173 g/mol. The van der Waals surface area contributed by atoms with Gasteiger partial charge in [-0.25, -0.2) is 4.90 Å². The first-order valence-electron chi connectivity index (χ1n) is 3.82. The van der Waals surface area contributed by atoms with Crippen LogP contribution in [0.2, 0.25) is 0 Å². The predicted octanol–water partition coefficient (Wildman–Crippen LogP) is 0.724. The number of benzene rings is 1. The topological polar surface area (TPSA) is 40.5 Å². The van der Waals surface area contributed by atoms with Gasteiger partial charge in [-0.05, 0) is 6.07 Å². The van der Waals surface area contributed by atoms with E-state index in [2.05, 4.69) is 6.04 Å². The second kappa shape index (κ2) is 2.61. The molecule has 1 atom stereocenters. The van der Waals surface area contributed by atoms with Crippen molar-refractivity contribution < 1.29 is 9.90 Å². The third-order valence-corrected chi connectivity index (χ3v) is 2.07. The number of aliphatic hydroxyl groups is 1. The van der Waals surface area contributed by atoms with Crippen LogP contribution in [0.1, 0.15) is 22.1 Å². The number of terminal acetylenes is 1. The highest BCUT2D eigenvalue weighted by Crippen LogP contribution is 2.30.